The molecule has 3 unspecified atom stereocenters. The van der Waals surface area contributed by atoms with Crippen LogP contribution >= 0.6 is 24.0 Å². The quantitative estimate of drug-likeness (QED) is 0.728. The van der Waals surface area contributed by atoms with Crippen LogP contribution in [0, 0.1) is 5.92 Å². The monoisotopic (exact) mass is 398 g/mol. The van der Waals surface area contributed by atoms with Crippen molar-refractivity contribution in [3.8, 4) is 0 Å². The molecule has 3 N–H and O–H groups in total. The van der Waals surface area contributed by atoms with Gasteiger partial charge >= 0.3 is 0 Å². The Labute approximate surface area is 166 Å². The SMILES string of the molecule is Cl.O=C(C1NNC2CCNCC21)N(Cc1ccccc1Cl)C1CCCC1. The summed E-state index contributed by atoms with van der Waals surface area (Å²) < 4.78 is 0. The van der Waals surface area contributed by atoms with E-state index in [0.29, 0.717) is 24.5 Å². The van der Waals surface area contributed by atoms with Crippen molar-refractivity contribution < 1.29 is 4.79 Å². The first-order chi connectivity index (χ1) is 12.2. The molecule has 1 aromatic rings. The number of fused-ring (bicyclic) bond motifs is 1. The highest BCUT2D eigenvalue weighted by Gasteiger charge is 2.44. The third-order valence-electron chi connectivity index (χ3n) is 5.99. The minimum Gasteiger partial charge on any atom is -0.334 e. The van der Waals surface area contributed by atoms with E-state index in [1.54, 1.807) is 0 Å². The molecule has 7 heteroatoms. The predicted molar refractivity (Wildman–Crippen MR) is 106 cm³/mol. The van der Waals surface area contributed by atoms with Gasteiger partial charge in [0.25, 0.3) is 0 Å². The number of halogens is 2. The van der Waals surface area contributed by atoms with Crippen LogP contribution < -0.4 is 16.2 Å². The number of hydrogen-bond acceptors (Lipinski definition) is 4. The van der Waals surface area contributed by atoms with Gasteiger partial charge in [0.15, 0.2) is 0 Å². The highest BCUT2D eigenvalue weighted by atomic mass is 35.5. The van der Waals surface area contributed by atoms with E-state index in [9.17, 15) is 4.79 Å². The first-order valence-corrected chi connectivity index (χ1v) is 9.87. The Morgan fingerprint density at radius 2 is 1.92 bits per heavy atom. The molecule has 1 aromatic carbocycles. The maximum absolute atomic E-state index is 13.5. The van der Waals surface area contributed by atoms with Crippen LogP contribution in [-0.2, 0) is 11.3 Å². The zero-order valence-electron chi connectivity index (χ0n) is 14.9. The number of nitrogens with zero attached hydrogens (tertiary/aromatic N) is 1. The molecule has 2 heterocycles. The van der Waals surface area contributed by atoms with Crippen molar-refractivity contribution in [2.75, 3.05) is 13.1 Å². The van der Waals surface area contributed by atoms with Gasteiger partial charge in [-0.25, -0.2) is 5.43 Å². The molecule has 0 radical (unpaired) electrons. The molecule has 4 rings (SSSR count). The topological polar surface area (TPSA) is 56.4 Å². The number of hydrogen-bond donors (Lipinski definition) is 3. The van der Waals surface area contributed by atoms with E-state index in [1.807, 2.05) is 24.3 Å². The van der Waals surface area contributed by atoms with E-state index < -0.39 is 0 Å². The number of amides is 1. The Hall–Kier alpha value is -0.850. The fraction of sp³-hybridized carbons (Fsp3) is 0.632. The van der Waals surface area contributed by atoms with Crippen molar-refractivity contribution in [3.63, 3.8) is 0 Å². The van der Waals surface area contributed by atoms with Crippen LogP contribution in [0.1, 0.15) is 37.7 Å². The van der Waals surface area contributed by atoms with E-state index in [0.717, 1.165) is 42.9 Å². The first-order valence-electron chi connectivity index (χ1n) is 9.49. The van der Waals surface area contributed by atoms with Gasteiger partial charge in [-0.15, -0.1) is 12.4 Å². The van der Waals surface area contributed by atoms with Gasteiger partial charge in [0.1, 0.15) is 6.04 Å². The lowest BCUT2D eigenvalue weighted by molar-refractivity contribution is -0.137. The Morgan fingerprint density at radius 1 is 1.15 bits per heavy atom. The summed E-state index contributed by atoms with van der Waals surface area (Å²) >= 11 is 6.37. The maximum Gasteiger partial charge on any atom is 0.242 e. The highest BCUT2D eigenvalue weighted by Crippen LogP contribution is 2.30. The van der Waals surface area contributed by atoms with Gasteiger partial charge in [-0.3, -0.25) is 10.2 Å². The highest BCUT2D eigenvalue weighted by molar-refractivity contribution is 6.31. The van der Waals surface area contributed by atoms with Gasteiger partial charge < -0.3 is 10.2 Å². The zero-order chi connectivity index (χ0) is 17.2. The van der Waals surface area contributed by atoms with Crippen LogP contribution in [0.25, 0.3) is 0 Å². The molecule has 3 aliphatic rings. The number of rotatable bonds is 4. The van der Waals surface area contributed by atoms with Crippen LogP contribution in [0.4, 0.5) is 0 Å². The molecule has 5 nitrogen and oxygen atoms in total. The Kier molecular flexibility index (Phi) is 6.81. The summed E-state index contributed by atoms with van der Waals surface area (Å²) in [4.78, 5) is 15.5. The first kappa shape index (κ1) is 19.9. The van der Waals surface area contributed by atoms with Crippen LogP contribution in [-0.4, -0.2) is 42.0 Å². The summed E-state index contributed by atoms with van der Waals surface area (Å²) in [6, 6.07) is 8.44. The second-order valence-corrected chi connectivity index (χ2v) is 7.93. The lowest BCUT2D eigenvalue weighted by Gasteiger charge is -2.34. The molecule has 0 spiro atoms. The van der Waals surface area contributed by atoms with E-state index in [4.69, 9.17) is 11.6 Å². The van der Waals surface area contributed by atoms with Crippen molar-refractivity contribution >= 4 is 29.9 Å². The van der Waals surface area contributed by atoms with Gasteiger partial charge in [-0.05, 0) is 37.4 Å². The normalized spacial score (nSPS) is 28.4. The molecule has 3 atom stereocenters. The predicted octanol–water partition coefficient (Wildman–Crippen LogP) is 2.49. The number of piperidine rings is 1. The van der Waals surface area contributed by atoms with Crippen LogP contribution in [0.15, 0.2) is 24.3 Å². The second-order valence-electron chi connectivity index (χ2n) is 7.53. The zero-order valence-corrected chi connectivity index (χ0v) is 16.5. The van der Waals surface area contributed by atoms with Gasteiger partial charge in [0, 0.05) is 36.1 Å². The third kappa shape index (κ3) is 4.02. The second kappa shape index (κ2) is 8.89. The summed E-state index contributed by atoms with van der Waals surface area (Å²) in [5.74, 6) is 0.534. The maximum atomic E-state index is 13.5. The van der Waals surface area contributed by atoms with E-state index in [2.05, 4.69) is 21.1 Å². The summed E-state index contributed by atoms with van der Waals surface area (Å²) in [6.07, 6.45) is 5.68. The molecule has 2 saturated heterocycles. The molecule has 1 saturated carbocycles. The molecule has 0 bridgehead atoms. The van der Waals surface area contributed by atoms with Crippen molar-refractivity contribution in [1.29, 1.82) is 0 Å². The van der Waals surface area contributed by atoms with Crippen LogP contribution in [0.2, 0.25) is 5.02 Å². The fourth-order valence-corrected chi connectivity index (χ4v) is 4.75. The molecule has 26 heavy (non-hydrogen) atoms. The van der Waals surface area contributed by atoms with E-state index >= 15 is 0 Å². The van der Waals surface area contributed by atoms with E-state index in [-0.39, 0.29) is 24.4 Å². The molecule has 2 aliphatic heterocycles. The van der Waals surface area contributed by atoms with Crippen LogP contribution in [0.3, 0.4) is 0 Å². The minimum absolute atomic E-state index is 0. The van der Waals surface area contributed by atoms with Crippen molar-refractivity contribution in [1.82, 2.24) is 21.1 Å². The largest absolute Gasteiger partial charge is 0.334 e. The summed E-state index contributed by atoms with van der Waals surface area (Å²) in [6.45, 7) is 2.51. The average Bonchev–Trinajstić information content (AvgIpc) is 3.30. The number of hydrazine groups is 1. The van der Waals surface area contributed by atoms with Crippen molar-refractivity contribution in [2.45, 2.75) is 56.8 Å². The summed E-state index contributed by atoms with van der Waals surface area (Å²) in [5, 5.41) is 4.18. The molecule has 3 fully saturated rings. The molecule has 1 amide bonds. The van der Waals surface area contributed by atoms with Gasteiger partial charge in [-0.1, -0.05) is 42.6 Å². The molecule has 1 aliphatic carbocycles. The molecule has 0 aromatic heterocycles. The number of nitrogens with one attached hydrogen (secondary N) is 3. The lowest BCUT2D eigenvalue weighted by Crippen LogP contribution is -2.52. The Morgan fingerprint density at radius 3 is 2.69 bits per heavy atom. The molecule has 144 valence electrons. The summed E-state index contributed by atoms with van der Waals surface area (Å²) in [5.41, 5.74) is 7.67. The number of carbonyl (C=O) groups excluding carboxylic acids is 1. The standard InChI is InChI=1S/C19H27ClN4O.ClH/c20-16-8-4-1-5-13(16)12-24(14-6-2-3-7-14)19(25)18-15-11-21-10-9-17(15)22-23-18;/h1,4-5,8,14-15,17-18,21-23H,2-3,6-7,9-12H2;1H. The minimum atomic E-state index is -0.152. The van der Waals surface area contributed by atoms with Crippen molar-refractivity contribution in [3.05, 3.63) is 34.9 Å². The smallest absolute Gasteiger partial charge is 0.242 e. The van der Waals surface area contributed by atoms with Gasteiger partial charge in [0.05, 0.1) is 0 Å². The van der Waals surface area contributed by atoms with Gasteiger partial charge in [0.2, 0.25) is 5.91 Å². The third-order valence-corrected chi connectivity index (χ3v) is 6.36. The van der Waals surface area contributed by atoms with Crippen LogP contribution in [0.5, 0.6) is 0 Å². The number of carbonyl (C=O) groups is 1. The Balaban J connectivity index is 0.00000196. The van der Waals surface area contributed by atoms with Gasteiger partial charge in [-0.2, -0.15) is 0 Å². The lowest BCUT2D eigenvalue weighted by atomic mass is 9.88. The van der Waals surface area contributed by atoms with E-state index in [1.165, 1.54) is 12.8 Å². The Bertz CT molecular complexity index is 623. The average molecular weight is 399 g/mol. The fourth-order valence-electron chi connectivity index (χ4n) is 4.55. The van der Waals surface area contributed by atoms with Crippen molar-refractivity contribution in [2.24, 2.45) is 5.92 Å². The molecular weight excluding hydrogens is 371 g/mol. The summed E-state index contributed by atoms with van der Waals surface area (Å²) in [7, 11) is 0. The number of benzene rings is 1. The molecular formula is C19H28Cl2N4O.